The van der Waals surface area contributed by atoms with Crippen LogP contribution < -0.4 is 4.90 Å². The molecule has 6 rings (SSSR count). The fourth-order valence-electron chi connectivity index (χ4n) is 6.06. The number of hydrogen-bond acceptors (Lipinski definition) is 2. The fourth-order valence-corrected chi connectivity index (χ4v) is 6.45. The molecule has 6 aromatic rings. The van der Waals surface area contributed by atoms with Gasteiger partial charge in [-0.25, -0.2) is 0 Å². The second kappa shape index (κ2) is 12.9. The normalized spacial score (nSPS) is 11.8. The maximum absolute atomic E-state index is 11.4. The number of benzene rings is 6. The zero-order valence-electron chi connectivity index (χ0n) is 28.1. The molecule has 0 unspecified atom stereocenters. The van der Waals surface area contributed by atoms with E-state index in [1.54, 1.807) is 0 Å². The lowest BCUT2D eigenvalue weighted by molar-refractivity contribution is 0.476. The Kier molecular flexibility index (Phi) is 8.87. The van der Waals surface area contributed by atoms with Crippen molar-refractivity contribution in [1.29, 1.82) is 0 Å². The van der Waals surface area contributed by atoms with E-state index in [0.717, 1.165) is 54.9 Å². The summed E-state index contributed by atoms with van der Waals surface area (Å²) in [5.74, 6) is 0.217. The molecule has 2 nitrogen and oxygen atoms in total. The van der Waals surface area contributed by atoms with Gasteiger partial charge in [-0.05, 0) is 74.5 Å². The van der Waals surface area contributed by atoms with Crippen molar-refractivity contribution in [3.8, 4) is 39.1 Å². The van der Waals surface area contributed by atoms with E-state index in [1.165, 1.54) is 11.1 Å². The second-order valence-corrected chi connectivity index (χ2v) is 15.2. The molecule has 0 aliphatic rings. The monoisotopic (exact) mass is 679 g/mol. The Labute approximate surface area is 288 Å². The van der Waals surface area contributed by atoms with Crippen LogP contribution in [-0.2, 0) is 10.8 Å². The van der Waals surface area contributed by atoms with Crippen LogP contribution in [0.1, 0.15) is 52.7 Å². The summed E-state index contributed by atoms with van der Waals surface area (Å²) >= 11 is 3.75. The number of aromatic hydroxyl groups is 1. The summed E-state index contributed by atoms with van der Waals surface area (Å²) in [6.07, 6.45) is 0. The van der Waals surface area contributed by atoms with Crippen LogP contribution in [0.5, 0.6) is 5.75 Å². The molecule has 47 heavy (non-hydrogen) atoms. The lowest BCUT2D eigenvalue weighted by Gasteiger charge is -2.31. The molecule has 0 saturated heterocycles. The van der Waals surface area contributed by atoms with Crippen LogP contribution in [0.4, 0.5) is 17.1 Å². The molecule has 6 aromatic carbocycles. The zero-order chi connectivity index (χ0) is 33.3. The molecule has 0 aliphatic heterocycles. The summed E-state index contributed by atoms with van der Waals surface area (Å²) in [5, 5.41) is 11.4. The van der Waals surface area contributed by atoms with Crippen molar-refractivity contribution in [2.24, 2.45) is 0 Å². The summed E-state index contributed by atoms with van der Waals surface area (Å²) in [5.41, 5.74) is 11.9. The molecule has 236 valence electrons. The third-order valence-corrected chi connectivity index (χ3v) is 9.15. The van der Waals surface area contributed by atoms with Gasteiger partial charge in [-0.1, -0.05) is 161 Å². The van der Waals surface area contributed by atoms with Gasteiger partial charge in [0.1, 0.15) is 5.75 Å². The highest BCUT2D eigenvalue weighted by Gasteiger charge is 2.25. The van der Waals surface area contributed by atoms with Crippen LogP contribution in [0.15, 0.2) is 144 Å². The highest BCUT2D eigenvalue weighted by Crippen LogP contribution is 2.48. The van der Waals surface area contributed by atoms with Gasteiger partial charge in [0.2, 0.25) is 0 Å². The average molecular weight is 681 g/mol. The highest BCUT2D eigenvalue weighted by molar-refractivity contribution is 9.10. The van der Waals surface area contributed by atoms with Gasteiger partial charge in [0.05, 0.1) is 11.4 Å². The number of rotatable bonds is 6. The molecule has 0 amide bonds. The van der Waals surface area contributed by atoms with Crippen molar-refractivity contribution in [3.05, 3.63) is 155 Å². The van der Waals surface area contributed by atoms with Crippen molar-refractivity contribution < 1.29 is 5.11 Å². The van der Waals surface area contributed by atoms with E-state index in [0.29, 0.717) is 0 Å². The number of halogens is 1. The van der Waals surface area contributed by atoms with Gasteiger partial charge in [-0.2, -0.15) is 0 Å². The molecular formula is C44H42BrNO. The third-order valence-electron chi connectivity index (χ3n) is 8.65. The SMILES string of the molecule is CC(C)(C)c1cc(-c2cc(O)cc(N(c3cccc(Br)c3)c3c(-c4ccccc4)cccc3-c3ccccc3)c2)cc(C(C)(C)C)c1. The molecular weight excluding hydrogens is 638 g/mol. The van der Waals surface area contributed by atoms with Crippen LogP contribution in [0.25, 0.3) is 33.4 Å². The van der Waals surface area contributed by atoms with E-state index in [1.807, 2.05) is 18.2 Å². The molecule has 0 spiro atoms. The first-order chi connectivity index (χ1) is 22.4. The van der Waals surface area contributed by atoms with Gasteiger partial charge in [-0.15, -0.1) is 0 Å². The topological polar surface area (TPSA) is 23.5 Å². The minimum atomic E-state index is -0.0305. The standard InChI is InChI=1S/C44H42BrNO/c1-43(2,3)34-23-32(24-35(27-34)44(4,5)6)33-25-38(29-39(47)26-33)46(37-20-13-19-36(45)28-37)42-40(30-15-9-7-10-16-30)21-14-22-41(42)31-17-11-8-12-18-31/h7-29,47H,1-6H3. The first-order valence-corrected chi connectivity index (χ1v) is 17.0. The molecule has 3 heteroatoms. The van der Waals surface area contributed by atoms with Gasteiger partial charge in [-0.3, -0.25) is 0 Å². The summed E-state index contributed by atoms with van der Waals surface area (Å²) < 4.78 is 0.978. The first-order valence-electron chi connectivity index (χ1n) is 16.2. The molecule has 0 heterocycles. The number of para-hydroxylation sites is 1. The Morgan fingerprint density at radius 1 is 0.468 bits per heavy atom. The summed E-state index contributed by atoms with van der Waals surface area (Å²) in [7, 11) is 0. The highest BCUT2D eigenvalue weighted by atomic mass is 79.9. The smallest absolute Gasteiger partial charge is 0.118 e. The van der Waals surface area contributed by atoms with E-state index >= 15 is 0 Å². The molecule has 0 radical (unpaired) electrons. The Hall–Kier alpha value is -4.60. The van der Waals surface area contributed by atoms with Crippen molar-refractivity contribution in [1.82, 2.24) is 0 Å². The molecule has 1 N–H and O–H groups in total. The fraction of sp³-hybridized carbons (Fsp3) is 0.182. The second-order valence-electron chi connectivity index (χ2n) is 14.3. The average Bonchev–Trinajstić information content (AvgIpc) is 3.04. The van der Waals surface area contributed by atoms with Gasteiger partial charge >= 0.3 is 0 Å². The number of nitrogens with zero attached hydrogens (tertiary/aromatic N) is 1. The molecule has 0 aromatic heterocycles. The Morgan fingerprint density at radius 2 is 0.979 bits per heavy atom. The van der Waals surface area contributed by atoms with Crippen molar-refractivity contribution in [2.45, 2.75) is 52.4 Å². The number of phenols is 1. The minimum absolute atomic E-state index is 0.0305. The lowest BCUT2D eigenvalue weighted by atomic mass is 9.79. The summed E-state index contributed by atoms with van der Waals surface area (Å²) in [4.78, 5) is 2.29. The van der Waals surface area contributed by atoms with Crippen molar-refractivity contribution in [2.75, 3.05) is 4.90 Å². The van der Waals surface area contributed by atoms with Gasteiger partial charge in [0.25, 0.3) is 0 Å². The Balaban J connectivity index is 1.67. The molecule has 0 bridgehead atoms. The van der Waals surface area contributed by atoms with E-state index < -0.39 is 0 Å². The lowest BCUT2D eigenvalue weighted by Crippen LogP contribution is -2.16. The molecule has 0 atom stereocenters. The number of hydrogen-bond donors (Lipinski definition) is 1. The van der Waals surface area contributed by atoms with Gasteiger partial charge in [0.15, 0.2) is 0 Å². The van der Waals surface area contributed by atoms with Crippen LogP contribution in [0, 0.1) is 0 Å². The number of phenolic OH excluding ortho intramolecular Hbond substituents is 1. The van der Waals surface area contributed by atoms with Crippen LogP contribution in [-0.4, -0.2) is 5.11 Å². The van der Waals surface area contributed by atoms with E-state index in [4.69, 9.17) is 0 Å². The predicted molar refractivity (Wildman–Crippen MR) is 204 cm³/mol. The number of anilines is 3. The van der Waals surface area contributed by atoms with E-state index in [2.05, 4.69) is 184 Å². The quantitative estimate of drug-likeness (QED) is 0.189. The first kappa shape index (κ1) is 32.3. The maximum Gasteiger partial charge on any atom is 0.118 e. The minimum Gasteiger partial charge on any atom is -0.508 e. The van der Waals surface area contributed by atoms with Gasteiger partial charge < -0.3 is 10.0 Å². The van der Waals surface area contributed by atoms with E-state index in [9.17, 15) is 5.11 Å². The summed E-state index contributed by atoms with van der Waals surface area (Å²) in [6, 6.07) is 48.8. The maximum atomic E-state index is 11.4. The van der Waals surface area contributed by atoms with Crippen LogP contribution in [0.3, 0.4) is 0 Å². The van der Waals surface area contributed by atoms with Crippen LogP contribution >= 0.6 is 15.9 Å². The predicted octanol–water partition coefficient (Wildman–Crippen LogP) is 13.2. The van der Waals surface area contributed by atoms with E-state index in [-0.39, 0.29) is 16.6 Å². The third kappa shape index (κ3) is 7.06. The van der Waals surface area contributed by atoms with Gasteiger partial charge in [0, 0.05) is 27.4 Å². The Morgan fingerprint density at radius 3 is 1.49 bits per heavy atom. The van der Waals surface area contributed by atoms with Crippen molar-refractivity contribution in [3.63, 3.8) is 0 Å². The zero-order valence-corrected chi connectivity index (χ0v) is 29.6. The van der Waals surface area contributed by atoms with Crippen LogP contribution in [0.2, 0.25) is 0 Å². The van der Waals surface area contributed by atoms with Crippen molar-refractivity contribution >= 4 is 33.0 Å². The Bertz CT molecular complexity index is 1930. The largest absolute Gasteiger partial charge is 0.508 e. The molecule has 0 saturated carbocycles. The molecule has 0 fully saturated rings. The summed E-state index contributed by atoms with van der Waals surface area (Å²) in [6.45, 7) is 13.5. The molecule has 0 aliphatic carbocycles.